The second kappa shape index (κ2) is 7.24. The Hall–Kier alpha value is -0.0800. The van der Waals surface area contributed by atoms with Crippen LogP contribution in [0.1, 0.15) is 53.4 Å². The number of nitrogens with one attached hydrogen (secondary N) is 1. The second-order valence-corrected chi connectivity index (χ2v) is 5.27. The Kier molecular flexibility index (Phi) is 7.20. The summed E-state index contributed by atoms with van der Waals surface area (Å²) < 4.78 is 0. The molecule has 2 nitrogen and oxygen atoms in total. The minimum atomic E-state index is 0.356. The Morgan fingerprint density at radius 2 is 1.87 bits per heavy atom. The first kappa shape index (κ1) is 14.9. The van der Waals surface area contributed by atoms with E-state index in [0.29, 0.717) is 11.6 Å². The molecule has 0 aromatic carbocycles. The fourth-order valence-corrected chi connectivity index (χ4v) is 1.52. The molecular formula is C13H30N2. The third-order valence-electron chi connectivity index (χ3n) is 3.77. The zero-order valence-corrected chi connectivity index (χ0v) is 11.6. The molecule has 0 saturated carbocycles. The van der Waals surface area contributed by atoms with Crippen molar-refractivity contribution < 1.29 is 0 Å². The van der Waals surface area contributed by atoms with Gasteiger partial charge < -0.3 is 10.2 Å². The summed E-state index contributed by atoms with van der Waals surface area (Å²) in [5, 5.41) is 3.28. The summed E-state index contributed by atoms with van der Waals surface area (Å²) in [7, 11) is 4.28. The molecule has 0 aromatic rings. The van der Waals surface area contributed by atoms with Crippen LogP contribution in [0.25, 0.3) is 0 Å². The average molecular weight is 214 g/mol. The SMILES string of the molecule is CCC(C)(C)N(C)CCCCC(C)NC. The van der Waals surface area contributed by atoms with Crippen LogP contribution in [0.15, 0.2) is 0 Å². The summed E-state index contributed by atoms with van der Waals surface area (Å²) in [6.45, 7) is 10.4. The summed E-state index contributed by atoms with van der Waals surface area (Å²) in [6, 6.07) is 0.662. The van der Waals surface area contributed by atoms with Crippen LogP contribution in [0.2, 0.25) is 0 Å². The summed E-state index contributed by atoms with van der Waals surface area (Å²) in [6.07, 6.45) is 5.14. The molecular weight excluding hydrogens is 184 g/mol. The monoisotopic (exact) mass is 214 g/mol. The number of rotatable bonds is 8. The van der Waals surface area contributed by atoms with Crippen LogP contribution in [0.4, 0.5) is 0 Å². The van der Waals surface area contributed by atoms with Gasteiger partial charge >= 0.3 is 0 Å². The predicted molar refractivity (Wildman–Crippen MR) is 69.4 cm³/mol. The molecule has 0 radical (unpaired) electrons. The number of nitrogens with zero attached hydrogens (tertiary/aromatic N) is 1. The first-order valence-electron chi connectivity index (χ1n) is 6.32. The van der Waals surface area contributed by atoms with Crippen molar-refractivity contribution in [3.8, 4) is 0 Å². The van der Waals surface area contributed by atoms with E-state index in [1.807, 2.05) is 7.05 Å². The van der Waals surface area contributed by atoms with Gasteiger partial charge in [-0.3, -0.25) is 0 Å². The Bertz CT molecular complexity index is 155. The third kappa shape index (κ3) is 6.16. The van der Waals surface area contributed by atoms with Crippen LogP contribution in [0.3, 0.4) is 0 Å². The van der Waals surface area contributed by atoms with Crippen molar-refractivity contribution in [2.24, 2.45) is 0 Å². The third-order valence-corrected chi connectivity index (χ3v) is 3.77. The van der Waals surface area contributed by atoms with Crippen molar-refractivity contribution >= 4 is 0 Å². The van der Waals surface area contributed by atoms with E-state index < -0.39 is 0 Å². The average Bonchev–Trinajstić information content (AvgIpc) is 2.23. The van der Waals surface area contributed by atoms with E-state index in [2.05, 4.69) is 45.0 Å². The molecule has 0 rings (SSSR count). The maximum atomic E-state index is 3.28. The van der Waals surface area contributed by atoms with Gasteiger partial charge in [0.25, 0.3) is 0 Å². The maximum Gasteiger partial charge on any atom is 0.0147 e. The highest BCUT2D eigenvalue weighted by atomic mass is 15.2. The number of hydrogen-bond donors (Lipinski definition) is 1. The number of unbranched alkanes of at least 4 members (excludes halogenated alkanes) is 1. The highest BCUT2D eigenvalue weighted by molar-refractivity contribution is 4.77. The number of hydrogen-bond acceptors (Lipinski definition) is 2. The van der Waals surface area contributed by atoms with Gasteiger partial charge in [-0.1, -0.05) is 13.3 Å². The fourth-order valence-electron chi connectivity index (χ4n) is 1.52. The lowest BCUT2D eigenvalue weighted by Gasteiger charge is -2.34. The molecule has 2 heteroatoms. The van der Waals surface area contributed by atoms with Crippen molar-refractivity contribution in [3.63, 3.8) is 0 Å². The molecule has 1 unspecified atom stereocenters. The summed E-state index contributed by atoms with van der Waals surface area (Å²) >= 11 is 0. The lowest BCUT2D eigenvalue weighted by Crippen LogP contribution is -2.41. The first-order chi connectivity index (χ1) is 6.94. The highest BCUT2D eigenvalue weighted by Crippen LogP contribution is 2.17. The minimum Gasteiger partial charge on any atom is -0.317 e. The zero-order chi connectivity index (χ0) is 11.9. The van der Waals surface area contributed by atoms with Crippen LogP contribution >= 0.6 is 0 Å². The molecule has 0 aliphatic carbocycles. The molecule has 0 heterocycles. The smallest absolute Gasteiger partial charge is 0.0147 e. The largest absolute Gasteiger partial charge is 0.317 e. The quantitative estimate of drug-likeness (QED) is 0.625. The molecule has 15 heavy (non-hydrogen) atoms. The Labute approximate surface area is 96.4 Å². The van der Waals surface area contributed by atoms with E-state index in [4.69, 9.17) is 0 Å². The van der Waals surface area contributed by atoms with Crippen LogP contribution in [-0.4, -0.2) is 37.1 Å². The molecule has 0 aliphatic heterocycles. The van der Waals surface area contributed by atoms with E-state index >= 15 is 0 Å². The second-order valence-electron chi connectivity index (χ2n) is 5.27. The van der Waals surface area contributed by atoms with E-state index in [0.717, 1.165) is 0 Å². The van der Waals surface area contributed by atoms with Gasteiger partial charge in [0.1, 0.15) is 0 Å². The van der Waals surface area contributed by atoms with Gasteiger partial charge in [-0.15, -0.1) is 0 Å². The lowest BCUT2D eigenvalue weighted by atomic mass is 9.99. The van der Waals surface area contributed by atoms with E-state index in [1.54, 1.807) is 0 Å². The first-order valence-corrected chi connectivity index (χ1v) is 6.32. The molecule has 1 atom stereocenters. The van der Waals surface area contributed by atoms with Crippen LogP contribution in [-0.2, 0) is 0 Å². The molecule has 0 amide bonds. The molecule has 0 aliphatic rings. The molecule has 92 valence electrons. The van der Waals surface area contributed by atoms with Gasteiger partial charge in [0, 0.05) is 11.6 Å². The normalized spacial score (nSPS) is 14.6. The molecule has 0 saturated heterocycles. The molecule has 0 bridgehead atoms. The Morgan fingerprint density at radius 1 is 1.27 bits per heavy atom. The van der Waals surface area contributed by atoms with Gasteiger partial charge in [0.2, 0.25) is 0 Å². The van der Waals surface area contributed by atoms with Crippen molar-refractivity contribution in [1.29, 1.82) is 0 Å². The Balaban J connectivity index is 3.59. The van der Waals surface area contributed by atoms with Gasteiger partial charge in [0.15, 0.2) is 0 Å². The summed E-state index contributed by atoms with van der Waals surface area (Å²) in [5.74, 6) is 0. The highest BCUT2D eigenvalue weighted by Gasteiger charge is 2.19. The fraction of sp³-hybridized carbons (Fsp3) is 1.00. The van der Waals surface area contributed by atoms with Crippen molar-refractivity contribution in [3.05, 3.63) is 0 Å². The lowest BCUT2D eigenvalue weighted by molar-refractivity contribution is 0.148. The van der Waals surface area contributed by atoms with Crippen molar-refractivity contribution in [2.75, 3.05) is 20.6 Å². The standard InChI is InChI=1S/C13H30N2/c1-7-13(3,4)15(6)11-9-8-10-12(2)14-5/h12,14H,7-11H2,1-6H3. The van der Waals surface area contributed by atoms with E-state index in [9.17, 15) is 0 Å². The topological polar surface area (TPSA) is 15.3 Å². The molecule has 0 fully saturated rings. The predicted octanol–water partition coefficient (Wildman–Crippen LogP) is 2.89. The van der Waals surface area contributed by atoms with Gasteiger partial charge in [-0.05, 0) is 60.7 Å². The van der Waals surface area contributed by atoms with Crippen molar-refractivity contribution in [1.82, 2.24) is 10.2 Å². The van der Waals surface area contributed by atoms with E-state index in [1.165, 1.54) is 32.2 Å². The molecule has 0 aromatic heterocycles. The van der Waals surface area contributed by atoms with Crippen LogP contribution in [0.5, 0.6) is 0 Å². The molecule has 0 spiro atoms. The maximum absolute atomic E-state index is 3.28. The van der Waals surface area contributed by atoms with E-state index in [-0.39, 0.29) is 0 Å². The van der Waals surface area contributed by atoms with Gasteiger partial charge in [-0.25, -0.2) is 0 Å². The zero-order valence-electron chi connectivity index (χ0n) is 11.6. The van der Waals surface area contributed by atoms with Crippen molar-refractivity contribution in [2.45, 2.75) is 65.0 Å². The summed E-state index contributed by atoms with van der Waals surface area (Å²) in [4.78, 5) is 2.48. The minimum absolute atomic E-state index is 0.356. The van der Waals surface area contributed by atoms with Crippen LogP contribution in [0, 0.1) is 0 Å². The Morgan fingerprint density at radius 3 is 2.33 bits per heavy atom. The van der Waals surface area contributed by atoms with Crippen LogP contribution < -0.4 is 5.32 Å². The molecule has 1 N–H and O–H groups in total. The van der Waals surface area contributed by atoms with Gasteiger partial charge in [0.05, 0.1) is 0 Å². The summed E-state index contributed by atoms with van der Waals surface area (Å²) in [5.41, 5.74) is 0.356. The van der Waals surface area contributed by atoms with Gasteiger partial charge in [-0.2, -0.15) is 0 Å².